The average Bonchev–Trinajstić information content (AvgIpc) is 3.12. The van der Waals surface area contributed by atoms with Crippen molar-refractivity contribution >= 4 is 39.7 Å². The Labute approximate surface area is 153 Å². The molecule has 1 amide bonds. The molecule has 0 unspecified atom stereocenters. The second kappa shape index (κ2) is 7.70. The molecule has 3 N–H and O–H groups in total. The summed E-state index contributed by atoms with van der Waals surface area (Å²) >= 11 is 1.30. The zero-order valence-corrected chi connectivity index (χ0v) is 15.9. The third-order valence-electron chi connectivity index (χ3n) is 4.44. The Kier molecular flexibility index (Phi) is 6.30. The Hall–Kier alpha value is -0.670. The number of amides is 1. The molecule has 0 spiro atoms. The second-order valence-corrected chi connectivity index (χ2v) is 9.68. The molecule has 2 aliphatic rings. The number of piperidine rings is 1. The van der Waals surface area contributed by atoms with Crippen LogP contribution in [0.1, 0.15) is 37.0 Å². The molecule has 136 valence electrons. The Morgan fingerprint density at radius 3 is 2.54 bits per heavy atom. The summed E-state index contributed by atoms with van der Waals surface area (Å²) in [5.74, 6) is -0.102. The van der Waals surface area contributed by atoms with E-state index < -0.39 is 15.6 Å². The van der Waals surface area contributed by atoms with E-state index >= 15 is 0 Å². The molecular weight excluding hydrogens is 370 g/mol. The third-order valence-corrected chi connectivity index (χ3v) is 7.96. The highest BCUT2D eigenvalue weighted by Gasteiger charge is 2.45. The number of rotatable bonds is 6. The first-order valence-electron chi connectivity index (χ1n) is 8.08. The molecule has 0 atom stereocenters. The van der Waals surface area contributed by atoms with E-state index in [2.05, 4.69) is 5.32 Å². The maximum atomic E-state index is 12.6. The molecule has 1 saturated carbocycles. The molecule has 1 aliphatic heterocycles. The van der Waals surface area contributed by atoms with E-state index in [0.717, 1.165) is 37.0 Å². The average molecular weight is 394 g/mol. The third kappa shape index (κ3) is 4.29. The van der Waals surface area contributed by atoms with Crippen molar-refractivity contribution in [3.63, 3.8) is 0 Å². The van der Waals surface area contributed by atoms with Crippen molar-refractivity contribution < 1.29 is 13.2 Å². The fraction of sp³-hybridized carbons (Fsp3) is 0.667. The quantitative estimate of drug-likeness (QED) is 0.765. The molecule has 1 aromatic rings. The monoisotopic (exact) mass is 393 g/mol. The minimum Gasteiger partial charge on any atom is -0.354 e. The van der Waals surface area contributed by atoms with Gasteiger partial charge in [-0.1, -0.05) is 6.42 Å². The Bertz CT molecular complexity index is 680. The van der Waals surface area contributed by atoms with E-state index in [4.69, 9.17) is 5.73 Å². The zero-order valence-electron chi connectivity index (χ0n) is 13.5. The van der Waals surface area contributed by atoms with Crippen molar-refractivity contribution in [3.05, 3.63) is 17.0 Å². The maximum absolute atomic E-state index is 12.6. The van der Waals surface area contributed by atoms with Crippen LogP contribution in [0, 0.1) is 0 Å². The fourth-order valence-corrected chi connectivity index (χ4v) is 5.73. The lowest BCUT2D eigenvalue weighted by Gasteiger charge is -2.25. The highest BCUT2D eigenvalue weighted by Crippen LogP contribution is 2.32. The highest BCUT2D eigenvalue weighted by molar-refractivity contribution is 7.91. The van der Waals surface area contributed by atoms with Gasteiger partial charge < -0.3 is 11.1 Å². The predicted molar refractivity (Wildman–Crippen MR) is 97.0 cm³/mol. The number of hydrogen-bond donors (Lipinski definition) is 2. The molecule has 6 nitrogen and oxygen atoms in total. The summed E-state index contributed by atoms with van der Waals surface area (Å²) in [6.07, 6.45) is 5.09. The lowest BCUT2D eigenvalue weighted by molar-refractivity contribution is -0.123. The summed E-state index contributed by atoms with van der Waals surface area (Å²) in [6, 6.07) is 3.51. The van der Waals surface area contributed by atoms with E-state index in [1.54, 1.807) is 10.4 Å². The first kappa shape index (κ1) is 19.7. The number of thiophene rings is 1. The lowest BCUT2D eigenvalue weighted by Crippen LogP contribution is -2.43. The van der Waals surface area contributed by atoms with Crippen LogP contribution < -0.4 is 11.1 Å². The molecule has 0 radical (unpaired) electrons. The van der Waals surface area contributed by atoms with Gasteiger partial charge in [0.05, 0.1) is 5.54 Å². The van der Waals surface area contributed by atoms with Gasteiger partial charge >= 0.3 is 0 Å². The smallest absolute Gasteiger partial charge is 0.252 e. The first-order valence-corrected chi connectivity index (χ1v) is 10.3. The number of carbonyl (C=O) groups is 1. The Morgan fingerprint density at radius 1 is 1.25 bits per heavy atom. The standard InChI is InChI=1S/C15H23N3O3S2.ClH/c16-15(7-8-15)14(19)17-9-6-12-4-5-13(22-12)23(20,21)18-10-2-1-3-11-18;/h4-5H,1-3,6-11,16H2,(H,17,19);1H. The van der Waals surface area contributed by atoms with Gasteiger partial charge in [0.15, 0.2) is 0 Å². The summed E-state index contributed by atoms with van der Waals surface area (Å²) in [5.41, 5.74) is 5.16. The Morgan fingerprint density at radius 2 is 1.92 bits per heavy atom. The van der Waals surface area contributed by atoms with Gasteiger partial charge in [0.25, 0.3) is 10.0 Å². The molecular formula is C15H24ClN3O3S2. The number of nitrogens with two attached hydrogens (primary N) is 1. The van der Waals surface area contributed by atoms with Gasteiger partial charge in [-0.25, -0.2) is 8.42 Å². The van der Waals surface area contributed by atoms with Crippen LogP contribution in [0.4, 0.5) is 0 Å². The van der Waals surface area contributed by atoms with E-state index in [9.17, 15) is 13.2 Å². The fourth-order valence-electron chi connectivity index (χ4n) is 2.70. The van der Waals surface area contributed by atoms with E-state index in [0.29, 0.717) is 30.3 Å². The van der Waals surface area contributed by atoms with Crippen LogP contribution in [0.25, 0.3) is 0 Å². The van der Waals surface area contributed by atoms with Gasteiger partial charge in [0, 0.05) is 24.5 Å². The summed E-state index contributed by atoms with van der Waals surface area (Å²) in [6.45, 7) is 1.72. The van der Waals surface area contributed by atoms with Gasteiger partial charge in [0.2, 0.25) is 5.91 Å². The van der Waals surface area contributed by atoms with Crippen molar-refractivity contribution in [2.45, 2.75) is 48.3 Å². The Balaban J connectivity index is 0.00000208. The molecule has 3 rings (SSSR count). The van der Waals surface area contributed by atoms with Crippen molar-refractivity contribution in [2.75, 3.05) is 19.6 Å². The SMILES string of the molecule is Cl.NC1(C(=O)NCCc2ccc(S(=O)(=O)N3CCCCC3)s2)CC1. The van der Waals surface area contributed by atoms with Gasteiger partial charge in [-0.3, -0.25) is 4.79 Å². The first-order chi connectivity index (χ1) is 10.9. The molecule has 2 heterocycles. The van der Waals surface area contributed by atoms with E-state index in [1.807, 2.05) is 6.07 Å². The van der Waals surface area contributed by atoms with Gasteiger partial charge in [-0.05, 0) is 44.2 Å². The normalized spacial score (nSPS) is 20.2. The topological polar surface area (TPSA) is 92.5 Å². The maximum Gasteiger partial charge on any atom is 0.252 e. The number of nitrogens with zero attached hydrogens (tertiary/aromatic N) is 1. The number of nitrogens with one attached hydrogen (secondary N) is 1. The molecule has 2 fully saturated rings. The van der Waals surface area contributed by atoms with E-state index in [1.165, 1.54) is 11.3 Å². The van der Waals surface area contributed by atoms with E-state index in [-0.39, 0.29) is 18.3 Å². The molecule has 1 aromatic heterocycles. The number of hydrogen-bond acceptors (Lipinski definition) is 5. The van der Waals surface area contributed by atoms with Gasteiger partial charge in [-0.15, -0.1) is 23.7 Å². The molecule has 0 bridgehead atoms. The summed E-state index contributed by atoms with van der Waals surface area (Å²) in [4.78, 5) is 12.7. The van der Waals surface area contributed by atoms with Crippen LogP contribution in [-0.2, 0) is 21.2 Å². The van der Waals surface area contributed by atoms with Crippen LogP contribution in [0.3, 0.4) is 0 Å². The molecule has 0 aromatic carbocycles. The zero-order chi connectivity index (χ0) is 16.5. The summed E-state index contributed by atoms with van der Waals surface area (Å²) < 4.78 is 27.1. The van der Waals surface area contributed by atoms with Crippen LogP contribution in [-0.4, -0.2) is 43.8 Å². The van der Waals surface area contributed by atoms with Gasteiger partial charge in [-0.2, -0.15) is 4.31 Å². The number of sulfonamides is 1. The molecule has 1 saturated heterocycles. The summed E-state index contributed by atoms with van der Waals surface area (Å²) in [5, 5.41) is 2.83. The molecule has 1 aliphatic carbocycles. The van der Waals surface area contributed by atoms with Gasteiger partial charge in [0.1, 0.15) is 4.21 Å². The molecule has 9 heteroatoms. The van der Waals surface area contributed by atoms with Crippen molar-refractivity contribution in [1.29, 1.82) is 0 Å². The van der Waals surface area contributed by atoms with Crippen molar-refractivity contribution in [3.8, 4) is 0 Å². The number of carbonyl (C=O) groups excluding carboxylic acids is 1. The van der Waals surface area contributed by atoms with Crippen LogP contribution >= 0.6 is 23.7 Å². The van der Waals surface area contributed by atoms with Crippen LogP contribution in [0.2, 0.25) is 0 Å². The summed E-state index contributed by atoms with van der Waals surface area (Å²) in [7, 11) is -3.35. The predicted octanol–water partition coefficient (Wildman–Crippen LogP) is 1.49. The minimum atomic E-state index is -3.35. The number of halogens is 1. The lowest BCUT2D eigenvalue weighted by atomic mass is 10.2. The minimum absolute atomic E-state index is 0. The second-order valence-electron chi connectivity index (χ2n) is 6.35. The van der Waals surface area contributed by atoms with Crippen molar-refractivity contribution in [1.82, 2.24) is 9.62 Å². The van der Waals surface area contributed by atoms with Crippen LogP contribution in [0.15, 0.2) is 16.3 Å². The van der Waals surface area contributed by atoms with Crippen molar-refractivity contribution in [2.24, 2.45) is 5.73 Å². The molecule has 24 heavy (non-hydrogen) atoms. The largest absolute Gasteiger partial charge is 0.354 e. The van der Waals surface area contributed by atoms with Crippen LogP contribution in [0.5, 0.6) is 0 Å². The highest BCUT2D eigenvalue weighted by atomic mass is 35.5.